The summed E-state index contributed by atoms with van der Waals surface area (Å²) < 4.78 is 5.56. The van der Waals surface area contributed by atoms with Gasteiger partial charge in [-0.2, -0.15) is 9.97 Å². The Morgan fingerprint density at radius 2 is 1.88 bits per heavy atom. The molecule has 0 radical (unpaired) electrons. The maximum Gasteiger partial charge on any atom is 0.231 e. The van der Waals surface area contributed by atoms with Gasteiger partial charge in [-0.05, 0) is 49.7 Å². The second kappa shape index (κ2) is 12.1. The Morgan fingerprint density at radius 3 is 2.67 bits per heavy atom. The highest BCUT2D eigenvalue weighted by molar-refractivity contribution is 7.65. The molecule has 5 aromatic rings. The fourth-order valence-corrected chi connectivity index (χ4v) is 6.41. The first-order valence-corrected chi connectivity index (χ1v) is 15.9. The van der Waals surface area contributed by atoms with Gasteiger partial charge in [-0.25, -0.2) is 0 Å². The molecular weight excluding hydrogens is 547 g/mol. The quantitative estimate of drug-likeness (QED) is 0.123. The van der Waals surface area contributed by atoms with Crippen molar-refractivity contribution < 1.29 is 4.74 Å². The van der Waals surface area contributed by atoms with E-state index in [0.717, 1.165) is 63.0 Å². The number of ether oxygens (including phenoxy) is 1. The number of fused-ring (bicyclic) bond motifs is 2. The molecule has 0 aliphatic carbocycles. The van der Waals surface area contributed by atoms with Crippen LogP contribution in [-0.4, -0.2) is 77.8 Å². The molecule has 12 heteroatoms. The van der Waals surface area contributed by atoms with Crippen molar-refractivity contribution in [3.8, 4) is 0 Å². The first-order valence-electron chi connectivity index (χ1n) is 13.7. The molecule has 0 unspecified atom stereocenters. The van der Waals surface area contributed by atoms with Crippen LogP contribution in [0.25, 0.3) is 27.6 Å². The SMILES string of the molecule is CN/C=C(\C=N)c1cc(Nc2nc(Nc3ccc4nccnc4c3P(C)C)c3cc[nH]c3n2)ccc1N1CCOCC1. The summed E-state index contributed by atoms with van der Waals surface area (Å²) in [7, 11) is 1.35. The van der Waals surface area contributed by atoms with Crippen molar-refractivity contribution in [2.75, 3.05) is 62.2 Å². The Bertz CT molecular complexity index is 1780. The van der Waals surface area contributed by atoms with Gasteiger partial charge in [0.1, 0.15) is 11.5 Å². The summed E-state index contributed by atoms with van der Waals surface area (Å²) in [5, 5.41) is 20.1. The summed E-state index contributed by atoms with van der Waals surface area (Å²) in [5.74, 6) is 1.13. The van der Waals surface area contributed by atoms with Crippen molar-refractivity contribution in [3.63, 3.8) is 0 Å². The van der Waals surface area contributed by atoms with Gasteiger partial charge in [0.15, 0.2) is 0 Å². The minimum absolute atomic E-state index is 0.448. The molecule has 3 aromatic heterocycles. The van der Waals surface area contributed by atoms with E-state index in [4.69, 9.17) is 20.1 Å². The average molecular weight is 581 g/mol. The zero-order chi connectivity index (χ0) is 29.1. The number of aromatic nitrogens is 5. The highest BCUT2D eigenvalue weighted by Crippen LogP contribution is 2.35. The van der Waals surface area contributed by atoms with Gasteiger partial charge >= 0.3 is 0 Å². The number of benzene rings is 2. The normalized spacial score (nSPS) is 14.0. The first kappa shape index (κ1) is 27.6. The van der Waals surface area contributed by atoms with Crippen molar-refractivity contribution in [2.24, 2.45) is 0 Å². The van der Waals surface area contributed by atoms with Crippen LogP contribution < -0.4 is 26.2 Å². The number of hydrogen-bond donors (Lipinski definition) is 5. The molecule has 0 bridgehead atoms. The third-order valence-corrected chi connectivity index (χ3v) is 8.45. The summed E-state index contributed by atoms with van der Waals surface area (Å²) in [5.41, 5.74) is 7.03. The van der Waals surface area contributed by atoms with Crippen LogP contribution in [0.3, 0.4) is 0 Å². The predicted octanol–water partition coefficient (Wildman–Crippen LogP) is 4.80. The number of rotatable bonds is 9. The van der Waals surface area contributed by atoms with Crippen LogP contribution in [0.5, 0.6) is 0 Å². The average Bonchev–Trinajstić information content (AvgIpc) is 3.49. The third-order valence-electron chi connectivity index (χ3n) is 7.10. The van der Waals surface area contributed by atoms with Crippen molar-refractivity contribution in [3.05, 3.63) is 66.8 Å². The molecule has 214 valence electrons. The van der Waals surface area contributed by atoms with E-state index in [2.05, 4.69) is 55.2 Å². The largest absolute Gasteiger partial charge is 0.393 e. The van der Waals surface area contributed by atoms with Crippen LogP contribution in [-0.2, 0) is 4.74 Å². The molecule has 1 fully saturated rings. The molecule has 0 saturated carbocycles. The molecule has 6 rings (SSSR count). The van der Waals surface area contributed by atoms with Gasteiger partial charge in [-0.3, -0.25) is 9.97 Å². The van der Waals surface area contributed by atoms with Crippen LogP contribution in [0.2, 0.25) is 0 Å². The molecule has 4 heterocycles. The van der Waals surface area contributed by atoms with Gasteiger partial charge in [0.2, 0.25) is 5.95 Å². The molecule has 0 atom stereocenters. The summed E-state index contributed by atoms with van der Waals surface area (Å²) in [6.07, 6.45) is 8.52. The first-order chi connectivity index (χ1) is 20.6. The lowest BCUT2D eigenvalue weighted by Crippen LogP contribution is -2.36. The standard InChI is InChI=1S/C30H33N10OP/c1-32-18-19(17-31)22-16-20(4-7-25(22)40-12-14-41-15-13-40)36-30-38-28-21(8-9-35-28)29(39-30)37-24-6-5-23-26(27(24)42(2)3)34-11-10-33-23/h4-11,16-18,31-32H,12-15H2,1-3H3,(H3,35,36,37,38,39)/b19-18+,31-17?. The molecule has 0 amide bonds. The number of allylic oxidation sites excluding steroid dienone is 1. The van der Waals surface area contributed by atoms with Crippen molar-refractivity contribution >= 4 is 75.9 Å². The van der Waals surface area contributed by atoms with E-state index >= 15 is 0 Å². The summed E-state index contributed by atoms with van der Waals surface area (Å²) in [6, 6.07) is 12.1. The molecular formula is C30H33N10OP. The van der Waals surface area contributed by atoms with E-state index in [-0.39, 0.29) is 0 Å². The topological polar surface area (TPSA) is 140 Å². The Balaban J connectivity index is 1.38. The van der Waals surface area contributed by atoms with E-state index in [9.17, 15) is 0 Å². The maximum absolute atomic E-state index is 8.07. The van der Waals surface area contributed by atoms with Gasteiger partial charge in [0.25, 0.3) is 0 Å². The molecule has 0 spiro atoms. The van der Waals surface area contributed by atoms with E-state index in [1.165, 1.54) is 6.21 Å². The second-order valence-electron chi connectivity index (χ2n) is 10.0. The van der Waals surface area contributed by atoms with E-state index in [0.29, 0.717) is 30.6 Å². The highest BCUT2D eigenvalue weighted by Gasteiger charge is 2.19. The van der Waals surface area contributed by atoms with E-state index in [1.807, 2.05) is 49.8 Å². The second-order valence-corrected chi connectivity index (χ2v) is 12.3. The Labute approximate surface area is 245 Å². The molecule has 2 aromatic carbocycles. The van der Waals surface area contributed by atoms with E-state index < -0.39 is 7.92 Å². The Kier molecular flexibility index (Phi) is 7.94. The zero-order valence-corrected chi connectivity index (χ0v) is 24.7. The lowest BCUT2D eigenvalue weighted by atomic mass is 10.0. The molecule has 1 saturated heterocycles. The van der Waals surface area contributed by atoms with Crippen LogP contribution in [0.1, 0.15) is 5.56 Å². The van der Waals surface area contributed by atoms with Gasteiger partial charge in [0, 0.05) is 84.6 Å². The van der Waals surface area contributed by atoms with Gasteiger partial charge < -0.3 is 36.0 Å². The van der Waals surface area contributed by atoms with Crippen molar-refractivity contribution in [1.82, 2.24) is 30.2 Å². The van der Waals surface area contributed by atoms with E-state index in [1.54, 1.807) is 12.4 Å². The Morgan fingerprint density at radius 1 is 1.05 bits per heavy atom. The number of morpholine rings is 1. The lowest BCUT2D eigenvalue weighted by molar-refractivity contribution is 0.122. The molecule has 42 heavy (non-hydrogen) atoms. The number of hydrogen-bond acceptors (Lipinski definition) is 10. The number of aromatic amines is 1. The third kappa shape index (κ3) is 5.48. The van der Waals surface area contributed by atoms with Gasteiger partial charge in [-0.1, -0.05) is 7.92 Å². The number of nitrogens with zero attached hydrogens (tertiary/aromatic N) is 5. The number of H-pyrrole nitrogens is 1. The smallest absolute Gasteiger partial charge is 0.231 e. The summed E-state index contributed by atoms with van der Waals surface area (Å²) >= 11 is 0. The predicted molar refractivity (Wildman–Crippen MR) is 174 cm³/mol. The minimum atomic E-state index is -0.488. The highest BCUT2D eigenvalue weighted by atomic mass is 31.1. The fourth-order valence-electron chi connectivity index (χ4n) is 5.20. The van der Waals surface area contributed by atoms with Gasteiger partial charge in [-0.15, -0.1) is 0 Å². The fraction of sp³-hybridized carbons (Fsp3) is 0.233. The number of nitrogens with one attached hydrogen (secondary N) is 5. The van der Waals surface area contributed by atoms with Crippen LogP contribution in [0, 0.1) is 5.41 Å². The van der Waals surface area contributed by atoms with Crippen LogP contribution in [0.4, 0.5) is 28.8 Å². The van der Waals surface area contributed by atoms with Crippen molar-refractivity contribution in [1.29, 1.82) is 5.41 Å². The summed E-state index contributed by atoms with van der Waals surface area (Å²) in [4.78, 5) is 24.3. The van der Waals surface area contributed by atoms with Crippen LogP contribution >= 0.6 is 7.92 Å². The molecule has 1 aliphatic heterocycles. The summed E-state index contributed by atoms with van der Waals surface area (Å²) in [6.45, 7) is 7.38. The zero-order valence-electron chi connectivity index (χ0n) is 23.8. The maximum atomic E-state index is 8.07. The number of anilines is 5. The Hall–Kier alpha value is -4.60. The minimum Gasteiger partial charge on any atom is -0.393 e. The van der Waals surface area contributed by atoms with Crippen LogP contribution in [0.15, 0.2) is 61.2 Å². The lowest BCUT2D eigenvalue weighted by Gasteiger charge is -2.31. The van der Waals surface area contributed by atoms with Crippen molar-refractivity contribution in [2.45, 2.75) is 0 Å². The molecule has 11 nitrogen and oxygen atoms in total. The van der Waals surface area contributed by atoms with Gasteiger partial charge in [0.05, 0.1) is 29.6 Å². The molecule has 5 N–H and O–H groups in total. The molecule has 1 aliphatic rings. The monoisotopic (exact) mass is 580 g/mol.